The first-order valence-electron chi connectivity index (χ1n) is 9.37. The third kappa shape index (κ3) is 3.65. The van der Waals surface area contributed by atoms with E-state index in [1.807, 2.05) is 85.1 Å². The van der Waals surface area contributed by atoms with Gasteiger partial charge in [0.1, 0.15) is 5.75 Å². The van der Waals surface area contributed by atoms with Crippen LogP contribution in [0.15, 0.2) is 84.9 Å². The maximum absolute atomic E-state index is 13.1. The molecule has 0 aliphatic heterocycles. The van der Waals surface area contributed by atoms with Gasteiger partial charge in [-0.2, -0.15) is 4.57 Å². The standard InChI is InChI=1S/C25H22NO2/c1-18-12-13-19(2)24(16-18)28-25(27)23-15-14-21-10-6-7-11-22(21)26(23)17-20-8-4-3-5-9-20/h3-16H,17H2,1-2H3/q+1. The second-order valence-corrected chi connectivity index (χ2v) is 7.01. The predicted octanol–water partition coefficient (Wildman–Crippen LogP) is 5.01. The first-order chi connectivity index (χ1) is 13.6. The van der Waals surface area contributed by atoms with Crippen LogP contribution in [-0.4, -0.2) is 5.97 Å². The fourth-order valence-corrected chi connectivity index (χ4v) is 3.35. The quantitative estimate of drug-likeness (QED) is 0.288. The van der Waals surface area contributed by atoms with Crippen molar-refractivity contribution < 1.29 is 14.1 Å². The highest BCUT2D eigenvalue weighted by atomic mass is 16.5. The zero-order valence-electron chi connectivity index (χ0n) is 16.1. The van der Waals surface area contributed by atoms with Crippen LogP contribution in [-0.2, 0) is 6.54 Å². The smallest absolute Gasteiger partial charge is 0.409 e. The van der Waals surface area contributed by atoms with Gasteiger partial charge < -0.3 is 4.74 Å². The molecule has 0 aliphatic carbocycles. The number of carbonyl (C=O) groups excluding carboxylic acids is 1. The van der Waals surface area contributed by atoms with Gasteiger partial charge in [0.25, 0.3) is 5.69 Å². The first kappa shape index (κ1) is 17.9. The molecular weight excluding hydrogens is 346 g/mol. The second kappa shape index (κ2) is 7.65. The number of pyridine rings is 1. The maximum Gasteiger partial charge on any atom is 0.409 e. The minimum absolute atomic E-state index is 0.351. The SMILES string of the molecule is Cc1ccc(C)c(OC(=O)c2ccc3ccccc3[n+]2Cc2ccccc2)c1. The van der Waals surface area contributed by atoms with Gasteiger partial charge in [-0.1, -0.05) is 54.6 Å². The number of aromatic nitrogens is 1. The summed E-state index contributed by atoms with van der Waals surface area (Å²) < 4.78 is 7.81. The van der Waals surface area contributed by atoms with E-state index in [-0.39, 0.29) is 5.97 Å². The first-order valence-corrected chi connectivity index (χ1v) is 9.37. The van der Waals surface area contributed by atoms with Crippen molar-refractivity contribution in [3.05, 3.63) is 107 Å². The highest BCUT2D eigenvalue weighted by molar-refractivity contribution is 5.89. The third-order valence-corrected chi connectivity index (χ3v) is 4.88. The Kier molecular flexibility index (Phi) is 4.90. The van der Waals surface area contributed by atoms with Gasteiger partial charge in [0.05, 0.1) is 0 Å². The molecule has 0 fully saturated rings. The lowest BCUT2D eigenvalue weighted by Gasteiger charge is -2.10. The van der Waals surface area contributed by atoms with Gasteiger partial charge >= 0.3 is 5.97 Å². The summed E-state index contributed by atoms with van der Waals surface area (Å²) >= 11 is 0. The van der Waals surface area contributed by atoms with Crippen molar-refractivity contribution in [1.82, 2.24) is 0 Å². The van der Waals surface area contributed by atoms with Gasteiger partial charge in [-0.3, -0.25) is 0 Å². The molecule has 0 aliphatic rings. The van der Waals surface area contributed by atoms with Gasteiger partial charge in [0.15, 0.2) is 6.54 Å². The molecule has 3 aromatic carbocycles. The lowest BCUT2D eigenvalue weighted by molar-refractivity contribution is -0.664. The number of esters is 1. The van der Waals surface area contributed by atoms with Gasteiger partial charge in [0.2, 0.25) is 5.52 Å². The summed E-state index contributed by atoms with van der Waals surface area (Å²) in [5, 5.41) is 1.08. The molecule has 138 valence electrons. The zero-order valence-corrected chi connectivity index (χ0v) is 16.1. The van der Waals surface area contributed by atoms with E-state index in [0.717, 1.165) is 27.6 Å². The van der Waals surface area contributed by atoms with Crippen molar-refractivity contribution in [2.75, 3.05) is 0 Å². The van der Waals surface area contributed by atoms with Crippen LogP contribution in [0.3, 0.4) is 0 Å². The highest BCUT2D eigenvalue weighted by Gasteiger charge is 2.25. The lowest BCUT2D eigenvalue weighted by Crippen LogP contribution is -2.43. The van der Waals surface area contributed by atoms with Crippen molar-refractivity contribution in [1.29, 1.82) is 0 Å². The fraction of sp³-hybridized carbons (Fsp3) is 0.120. The minimum atomic E-state index is -0.351. The normalized spacial score (nSPS) is 10.8. The summed E-state index contributed by atoms with van der Waals surface area (Å²) in [6, 6.07) is 27.9. The van der Waals surface area contributed by atoms with E-state index >= 15 is 0 Å². The van der Waals surface area contributed by atoms with Crippen LogP contribution in [0.5, 0.6) is 5.75 Å². The molecule has 0 unspecified atom stereocenters. The van der Waals surface area contributed by atoms with Crippen molar-refractivity contribution in [2.24, 2.45) is 0 Å². The molecule has 0 amide bonds. The van der Waals surface area contributed by atoms with Crippen LogP contribution in [0, 0.1) is 13.8 Å². The largest absolute Gasteiger partial charge is 0.418 e. The molecule has 4 rings (SSSR count). The summed E-state index contributed by atoms with van der Waals surface area (Å²) in [6.07, 6.45) is 0. The van der Waals surface area contributed by atoms with E-state index in [2.05, 4.69) is 18.2 Å². The van der Waals surface area contributed by atoms with Crippen molar-refractivity contribution in [3.8, 4) is 5.75 Å². The molecular formula is C25H22NO2+. The average Bonchev–Trinajstić information content (AvgIpc) is 2.71. The van der Waals surface area contributed by atoms with Crippen LogP contribution in [0.1, 0.15) is 27.2 Å². The predicted molar refractivity (Wildman–Crippen MR) is 111 cm³/mol. The Morgan fingerprint density at radius 1 is 0.857 bits per heavy atom. The van der Waals surface area contributed by atoms with E-state index in [1.54, 1.807) is 0 Å². The highest BCUT2D eigenvalue weighted by Crippen LogP contribution is 2.21. The van der Waals surface area contributed by atoms with Crippen LogP contribution < -0.4 is 9.30 Å². The molecule has 4 aromatic rings. The van der Waals surface area contributed by atoms with Crippen LogP contribution in [0.2, 0.25) is 0 Å². The second-order valence-electron chi connectivity index (χ2n) is 7.01. The van der Waals surface area contributed by atoms with E-state index in [1.165, 1.54) is 0 Å². The zero-order chi connectivity index (χ0) is 19.5. The van der Waals surface area contributed by atoms with Gasteiger partial charge in [-0.05, 0) is 43.2 Å². The number of ether oxygens (including phenoxy) is 1. The van der Waals surface area contributed by atoms with Crippen LogP contribution in [0.25, 0.3) is 10.9 Å². The molecule has 1 heterocycles. The molecule has 3 nitrogen and oxygen atoms in total. The van der Waals surface area contributed by atoms with E-state index < -0.39 is 0 Å². The van der Waals surface area contributed by atoms with Crippen molar-refractivity contribution in [2.45, 2.75) is 20.4 Å². The Labute approximate surface area is 164 Å². The Balaban J connectivity index is 1.78. The van der Waals surface area contributed by atoms with E-state index in [0.29, 0.717) is 18.0 Å². The summed E-state index contributed by atoms with van der Waals surface area (Å²) in [5.74, 6) is 0.250. The number of benzene rings is 3. The summed E-state index contributed by atoms with van der Waals surface area (Å²) in [5.41, 5.74) is 4.66. The number of aryl methyl sites for hydroxylation is 2. The van der Waals surface area contributed by atoms with Crippen LogP contribution in [0.4, 0.5) is 0 Å². The summed E-state index contributed by atoms with van der Waals surface area (Å²) in [4.78, 5) is 13.1. The molecule has 28 heavy (non-hydrogen) atoms. The summed E-state index contributed by atoms with van der Waals surface area (Å²) in [7, 11) is 0. The van der Waals surface area contributed by atoms with Crippen molar-refractivity contribution in [3.63, 3.8) is 0 Å². The summed E-state index contributed by atoms with van der Waals surface area (Å²) in [6.45, 7) is 4.53. The molecule has 0 N–H and O–H groups in total. The Hall–Kier alpha value is -3.46. The molecule has 0 saturated carbocycles. The molecule has 1 aromatic heterocycles. The third-order valence-electron chi connectivity index (χ3n) is 4.88. The Bertz CT molecular complexity index is 1150. The number of fused-ring (bicyclic) bond motifs is 1. The molecule has 0 spiro atoms. The fourth-order valence-electron chi connectivity index (χ4n) is 3.35. The molecule has 0 saturated heterocycles. The molecule has 0 bridgehead atoms. The number of carbonyl (C=O) groups is 1. The number of hydrogen-bond acceptors (Lipinski definition) is 2. The molecule has 3 heteroatoms. The van der Waals surface area contributed by atoms with E-state index in [9.17, 15) is 4.79 Å². The minimum Gasteiger partial charge on any atom is -0.418 e. The number of nitrogens with zero attached hydrogens (tertiary/aromatic N) is 1. The molecule has 0 radical (unpaired) electrons. The topological polar surface area (TPSA) is 30.2 Å². The molecule has 0 atom stereocenters. The monoisotopic (exact) mass is 368 g/mol. The Morgan fingerprint density at radius 2 is 1.61 bits per heavy atom. The van der Waals surface area contributed by atoms with E-state index in [4.69, 9.17) is 4.74 Å². The van der Waals surface area contributed by atoms with Crippen LogP contribution >= 0.6 is 0 Å². The lowest BCUT2D eigenvalue weighted by atomic mass is 10.1. The number of rotatable bonds is 4. The maximum atomic E-state index is 13.1. The van der Waals surface area contributed by atoms with Gasteiger partial charge in [0, 0.05) is 23.1 Å². The number of para-hydroxylation sites is 1. The van der Waals surface area contributed by atoms with Gasteiger partial charge in [-0.15, -0.1) is 0 Å². The van der Waals surface area contributed by atoms with Crippen molar-refractivity contribution >= 4 is 16.9 Å². The van der Waals surface area contributed by atoms with Gasteiger partial charge in [-0.25, -0.2) is 4.79 Å². The Morgan fingerprint density at radius 3 is 2.43 bits per heavy atom. The average molecular weight is 368 g/mol. The number of hydrogen-bond donors (Lipinski definition) is 0.